The molecule has 0 bridgehead atoms. The average Bonchev–Trinajstić information content (AvgIpc) is 2.76. The molecule has 1 amide bonds. The second-order valence-electron chi connectivity index (χ2n) is 7.39. The second kappa shape index (κ2) is 10.3. The van der Waals surface area contributed by atoms with Crippen LogP contribution in [0, 0.1) is 0 Å². The molecule has 5 nitrogen and oxygen atoms in total. The van der Waals surface area contributed by atoms with Gasteiger partial charge in [-0.15, -0.1) is 0 Å². The van der Waals surface area contributed by atoms with Gasteiger partial charge in [-0.2, -0.15) is 0 Å². The van der Waals surface area contributed by atoms with Crippen LogP contribution in [0.4, 0.5) is 0 Å². The highest BCUT2D eigenvalue weighted by molar-refractivity contribution is 5.94. The van der Waals surface area contributed by atoms with Crippen molar-refractivity contribution in [3.8, 4) is 0 Å². The van der Waals surface area contributed by atoms with Gasteiger partial charge in [-0.3, -0.25) is 14.6 Å². The molecule has 2 aromatic carbocycles. The number of hydrogen-bond acceptors (Lipinski definition) is 3. The van der Waals surface area contributed by atoms with Crippen LogP contribution in [0.5, 0.6) is 0 Å². The van der Waals surface area contributed by atoms with Crippen molar-refractivity contribution in [2.75, 3.05) is 0 Å². The molecule has 1 heterocycles. The quantitative estimate of drug-likeness (QED) is 0.549. The number of benzene rings is 2. The highest BCUT2D eigenvalue weighted by Gasteiger charge is 2.21. The van der Waals surface area contributed by atoms with Crippen LogP contribution in [0.25, 0.3) is 0 Å². The molecule has 0 fully saturated rings. The van der Waals surface area contributed by atoms with Crippen molar-refractivity contribution in [3.63, 3.8) is 0 Å². The summed E-state index contributed by atoms with van der Waals surface area (Å²) in [4.78, 5) is 30.4. The number of carbonyl (C=O) groups is 1. The SMILES string of the molecule is C=C(CC(C)NC(=O)c1cccn(C(c2ccccc2)c2ccccc2)c1=O)N=CC. The molecule has 3 aromatic rings. The smallest absolute Gasteiger partial charge is 0.264 e. The topological polar surface area (TPSA) is 63.5 Å². The molecule has 1 atom stereocenters. The van der Waals surface area contributed by atoms with E-state index in [0.29, 0.717) is 12.1 Å². The number of amides is 1. The first-order chi connectivity index (χ1) is 15.0. The van der Waals surface area contributed by atoms with E-state index in [-0.39, 0.29) is 23.2 Å². The molecule has 31 heavy (non-hydrogen) atoms. The van der Waals surface area contributed by atoms with Gasteiger partial charge >= 0.3 is 0 Å². The molecule has 1 unspecified atom stereocenters. The van der Waals surface area contributed by atoms with E-state index in [9.17, 15) is 9.59 Å². The van der Waals surface area contributed by atoms with Crippen LogP contribution < -0.4 is 10.9 Å². The molecule has 0 spiro atoms. The Balaban J connectivity index is 1.95. The van der Waals surface area contributed by atoms with E-state index in [4.69, 9.17) is 0 Å². The second-order valence-corrected chi connectivity index (χ2v) is 7.39. The summed E-state index contributed by atoms with van der Waals surface area (Å²) >= 11 is 0. The average molecular weight is 414 g/mol. The van der Waals surface area contributed by atoms with Crippen molar-refractivity contribution in [1.29, 1.82) is 0 Å². The molecule has 0 aliphatic carbocycles. The molecule has 0 aliphatic rings. The number of nitrogens with one attached hydrogen (secondary N) is 1. The van der Waals surface area contributed by atoms with Crippen molar-refractivity contribution in [2.45, 2.75) is 32.4 Å². The molecule has 1 aromatic heterocycles. The number of pyridine rings is 1. The Morgan fingerprint density at radius 3 is 2.16 bits per heavy atom. The lowest BCUT2D eigenvalue weighted by molar-refractivity contribution is 0.0938. The van der Waals surface area contributed by atoms with E-state index in [1.807, 2.05) is 74.5 Å². The third kappa shape index (κ3) is 5.45. The van der Waals surface area contributed by atoms with Crippen molar-refractivity contribution in [1.82, 2.24) is 9.88 Å². The van der Waals surface area contributed by atoms with E-state index in [0.717, 1.165) is 11.1 Å². The van der Waals surface area contributed by atoms with Gasteiger partial charge in [0.2, 0.25) is 0 Å². The summed E-state index contributed by atoms with van der Waals surface area (Å²) in [5, 5.41) is 2.89. The highest BCUT2D eigenvalue weighted by atomic mass is 16.2. The largest absolute Gasteiger partial charge is 0.349 e. The summed E-state index contributed by atoms with van der Waals surface area (Å²) in [6.45, 7) is 7.56. The summed E-state index contributed by atoms with van der Waals surface area (Å²) in [6.07, 6.45) is 3.90. The monoisotopic (exact) mass is 413 g/mol. The molecule has 1 N–H and O–H groups in total. The maximum absolute atomic E-state index is 13.4. The van der Waals surface area contributed by atoms with Crippen molar-refractivity contribution >= 4 is 12.1 Å². The Hall–Kier alpha value is -3.73. The van der Waals surface area contributed by atoms with Gasteiger partial charge in [0, 0.05) is 30.6 Å². The fraction of sp³-hybridized carbons (Fsp3) is 0.192. The molecular formula is C26H27N3O2. The zero-order chi connectivity index (χ0) is 22.2. The van der Waals surface area contributed by atoms with Gasteiger partial charge < -0.3 is 9.88 Å². The van der Waals surface area contributed by atoms with E-state index >= 15 is 0 Å². The third-order valence-electron chi connectivity index (χ3n) is 4.96. The first-order valence-corrected chi connectivity index (χ1v) is 10.3. The minimum atomic E-state index is -0.403. The Bertz CT molecular complexity index is 1080. The van der Waals surface area contributed by atoms with Crippen molar-refractivity contribution < 1.29 is 4.79 Å². The zero-order valence-corrected chi connectivity index (χ0v) is 17.9. The Morgan fingerprint density at radius 2 is 1.61 bits per heavy atom. The summed E-state index contributed by atoms with van der Waals surface area (Å²) in [5.41, 5.74) is 2.38. The van der Waals surface area contributed by atoms with Gasteiger partial charge in [0.05, 0.1) is 6.04 Å². The van der Waals surface area contributed by atoms with Crippen molar-refractivity contribution in [2.24, 2.45) is 4.99 Å². The van der Waals surface area contributed by atoms with Gasteiger partial charge in [-0.1, -0.05) is 67.2 Å². The molecule has 0 saturated carbocycles. The summed E-state index contributed by atoms with van der Waals surface area (Å²) in [7, 11) is 0. The van der Waals surface area contributed by atoms with E-state index < -0.39 is 5.91 Å². The zero-order valence-electron chi connectivity index (χ0n) is 17.9. The first-order valence-electron chi connectivity index (χ1n) is 10.3. The van der Waals surface area contributed by atoms with E-state index in [1.165, 1.54) is 0 Å². The van der Waals surface area contributed by atoms with Crippen LogP contribution in [-0.4, -0.2) is 22.7 Å². The Labute approximate surface area is 182 Å². The predicted molar refractivity (Wildman–Crippen MR) is 126 cm³/mol. The lowest BCUT2D eigenvalue weighted by Crippen LogP contribution is -2.38. The fourth-order valence-corrected chi connectivity index (χ4v) is 3.61. The molecule has 0 radical (unpaired) electrons. The maximum atomic E-state index is 13.4. The molecule has 0 saturated heterocycles. The molecular weight excluding hydrogens is 386 g/mol. The molecule has 158 valence electrons. The number of carbonyl (C=O) groups excluding carboxylic acids is 1. The number of hydrogen-bond donors (Lipinski definition) is 1. The number of aromatic nitrogens is 1. The van der Waals surface area contributed by atoms with Gasteiger partial charge in [0.25, 0.3) is 11.5 Å². The maximum Gasteiger partial charge on any atom is 0.264 e. The standard InChI is InChI=1S/C26H27N3O2/c1-4-27-19(2)18-20(3)28-25(30)23-16-11-17-29(26(23)31)24(21-12-7-5-8-13-21)22-14-9-6-10-15-22/h4-17,20,24H,2,18H2,1,3H3,(H,28,30). The normalized spacial score (nSPS) is 12.1. The van der Waals surface area contributed by atoms with Gasteiger partial charge in [-0.25, -0.2) is 0 Å². The first kappa shape index (κ1) is 22.0. The summed E-state index contributed by atoms with van der Waals surface area (Å²) in [5.74, 6) is -0.403. The van der Waals surface area contributed by atoms with Crippen molar-refractivity contribution in [3.05, 3.63) is 118 Å². The van der Waals surface area contributed by atoms with Gasteiger partial charge in [0.1, 0.15) is 5.56 Å². The molecule has 3 rings (SSSR count). The number of aliphatic imine (C=N–C) groups is 1. The summed E-state index contributed by atoms with van der Waals surface area (Å²) in [6, 6.07) is 22.4. The van der Waals surface area contributed by atoms with E-state index in [2.05, 4.69) is 16.9 Å². The predicted octanol–water partition coefficient (Wildman–Crippen LogP) is 4.60. The number of rotatable bonds is 8. The van der Waals surface area contributed by atoms with Crippen LogP contribution >= 0.6 is 0 Å². The van der Waals surface area contributed by atoms with Crippen LogP contribution in [-0.2, 0) is 0 Å². The van der Waals surface area contributed by atoms with Gasteiger partial charge in [0.15, 0.2) is 0 Å². The van der Waals surface area contributed by atoms with E-state index in [1.54, 1.807) is 29.1 Å². The fourth-order valence-electron chi connectivity index (χ4n) is 3.61. The lowest BCUT2D eigenvalue weighted by atomic mass is 9.98. The highest BCUT2D eigenvalue weighted by Crippen LogP contribution is 2.25. The summed E-state index contributed by atoms with van der Waals surface area (Å²) < 4.78 is 1.62. The molecule has 5 heteroatoms. The third-order valence-corrected chi connectivity index (χ3v) is 4.96. The molecule has 0 aliphatic heterocycles. The Kier molecular flexibility index (Phi) is 7.33. The van der Waals surface area contributed by atoms with Crippen LogP contribution in [0.3, 0.4) is 0 Å². The lowest BCUT2D eigenvalue weighted by Gasteiger charge is -2.22. The Morgan fingerprint density at radius 1 is 1.03 bits per heavy atom. The minimum Gasteiger partial charge on any atom is -0.349 e. The van der Waals surface area contributed by atoms with Gasteiger partial charge in [-0.05, 0) is 37.1 Å². The van der Waals surface area contributed by atoms with Crippen LogP contribution in [0.2, 0.25) is 0 Å². The minimum absolute atomic E-state index is 0.107. The van der Waals surface area contributed by atoms with Crippen LogP contribution in [0.15, 0.2) is 101 Å². The number of nitrogens with zero attached hydrogens (tertiary/aromatic N) is 2. The van der Waals surface area contributed by atoms with Crippen LogP contribution in [0.1, 0.15) is 47.8 Å².